The minimum absolute atomic E-state index is 0.0423. The molecule has 13 nitrogen and oxygen atoms in total. The summed E-state index contributed by atoms with van der Waals surface area (Å²) in [6, 6.07) is 43.8. The fourth-order valence-electron chi connectivity index (χ4n) is 13.4. The van der Waals surface area contributed by atoms with Crippen LogP contribution in [0.2, 0.25) is 10.0 Å². The Hall–Kier alpha value is -6.18. The zero-order valence-electron chi connectivity index (χ0n) is 46.7. The smallest absolute Gasteiger partial charge is 0.170 e. The summed E-state index contributed by atoms with van der Waals surface area (Å²) < 4.78 is 53.0. The van der Waals surface area contributed by atoms with Gasteiger partial charge < -0.3 is 35.9 Å². The van der Waals surface area contributed by atoms with Gasteiger partial charge in [-0.05, 0) is 175 Å². The normalized spacial score (nSPS) is 24.9. The Kier molecular flexibility index (Phi) is 18.2. The SMILES string of the molecule is N[C@@H]1CCCN([C@@H]2Cc3ccccc3[C@H]2Oc2c(F)cc(F)cc2Br)C1.N[C@@H]1CCCN([C@@H]2Cc3ccccc3[C@H]2Oc2ccc(Cl)cc2-c2ccn[nH]2)C1.N[C@@H]1CCCN([C@@H]2Cc3ccccc3[C@H]2Oc2ccc(Cl)cc2-c2ccno2)C1. The van der Waals surface area contributed by atoms with Crippen LogP contribution in [0.5, 0.6) is 17.2 Å². The number of aromatic amines is 1. The second-order valence-electron chi connectivity index (χ2n) is 23.0. The molecule has 8 aromatic rings. The van der Waals surface area contributed by atoms with Gasteiger partial charge in [0.05, 0.1) is 40.1 Å². The van der Waals surface area contributed by atoms with Gasteiger partial charge in [-0.1, -0.05) is 101 Å². The first-order chi connectivity index (χ1) is 40.9. The van der Waals surface area contributed by atoms with Crippen molar-refractivity contribution in [2.24, 2.45) is 17.2 Å². The quantitative estimate of drug-likeness (QED) is 0.0968. The molecule has 0 bridgehead atoms. The first kappa shape index (κ1) is 58.2. The number of H-pyrrole nitrogens is 1. The number of likely N-dealkylation sites (tertiary alicyclic amines) is 3. The molecule has 0 unspecified atom stereocenters. The van der Waals surface area contributed by atoms with Crippen molar-refractivity contribution in [2.75, 3.05) is 39.3 Å². The summed E-state index contributed by atoms with van der Waals surface area (Å²) in [5, 5.41) is 12.3. The van der Waals surface area contributed by atoms with Gasteiger partial charge in [-0.2, -0.15) is 5.10 Å². The molecule has 6 aromatic carbocycles. The molecule has 6 aliphatic rings. The first-order valence-electron chi connectivity index (χ1n) is 29.3. The maximum atomic E-state index is 14.3. The minimum atomic E-state index is -0.699. The second-order valence-corrected chi connectivity index (χ2v) is 24.8. The Morgan fingerprint density at radius 1 is 0.548 bits per heavy atom. The van der Waals surface area contributed by atoms with E-state index in [0.29, 0.717) is 15.8 Å². The van der Waals surface area contributed by atoms with E-state index in [1.165, 1.54) is 33.9 Å². The number of benzene rings is 6. The van der Waals surface area contributed by atoms with Crippen molar-refractivity contribution in [3.8, 4) is 39.8 Å². The van der Waals surface area contributed by atoms with E-state index in [9.17, 15) is 8.78 Å². The standard InChI is InChI=1S/C23H25ClN4O.C23H24ClN3O2.C20H21BrF2N2O/c24-16-7-8-22(19(13-16)20-9-10-26-27-20)29-23-18-6-2-1-4-15(18)12-21(23)28-11-3-5-17(25)14-28;24-16-7-8-21(19(13-16)22-9-10-26-29-22)28-23-18-6-2-1-4-15(18)12-20(23)27-11-3-5-17(25)14-27;21-16-9-13(22)10-17(23)20(16)26-19-15-6-2-1-4-12(15)8-18(19)25-7-3-5-14(24)11-25/h1-2,4,6-10,13,17,21,23H,3,5,11-12,14,25H2,(H,26,27);1-2,4,6-10,13,17,20,23H,3,5,11-12,14,25H2;1-2,4,6,9-10,14,18-19H,3,5,7-8,11,24H2/t17-,21-,23-;17-,20-,23-;14-,18-,19-/m111/s1. The lowest BCUT2D eigenvalue weighted by Gasteiger charge is -2.38. The number of hydrogen-bond acceptors (Lipinski definition) is 12. The largest absolute Gasteiger partial charge is 0.483 e. The molecule has 3 fully saturated rings. The van der Waals surface area contributed by atoms with E-state index in [4.69, 9.17) is 59.1 Å². The van der Waals surface area contributed by atoms with Crippen molar-refractivity contribution >= 4 is 39.1 Å². The van der Waals surface area contributed by atoms with E-state index in [0.717, 1.165) is 137 Å². The van der Waals surface area contributed by atoms with Gasteiger partial charge in [-0.25, -0.2) is 8.78 Å². The molecule has 438 valence electrons. The maximum Gasteiger partial charge on any atom is 0.170 e. The van der Waals surface area contributed by atoms with Gasteiger partial charge in [-0.15, -0.1) is 0 Å². The number of halogens is 5. The summed E-state index contributed by atoms with van der Waals surface area (Å²) in [5.74, 6) is 0.929. The average Bonchev–Trinajstić information content (AvgIpc) is 3.18. The second kappa shape index (κ2) is 26.2. The number of hydrogen-bond donors (Lipinski definition) is 4. The number of fused-ring (bicyclic) bond motifs is 3. The van der Waals surface area contributed by atoms with Gasteiger partial charge in [0.2, 0.25) is 0 Å². The number of nitrogens with zero attached hydrogens (tertiary/aromatic N) is 5. The zero-order valence-corrected chi connectivity index (χ0v) is 49.7. The summed E-state index contributed by atoms with van der Waals surface area (Å²) in [5.41, 5.74) is 28.9. The molecule has 3 saturated heterocycles. The Balaban J connectivity index is 0.000000124. The van der Waals surface area contributed by atoms with E-state index in [1.54, 1.807) is 12.4 Å². The van der Waals surface area contributed by atoms with E-state index in [-0.39, 0.29) is 64.8 Å². The van der Waals surface area contributed by atoms with Crippen molar-refractivity contribution in [1.82, 2.24) is 30.1 Å². The molecular formula is C66H70BrCl2F2N9O4. The van der Waals surface area contributed by atoms with Crippen LogP contribution in [0.25, 0.3) is 22.6 Å². The number of piperidine rings is 3. The number of rotatable bonds is 11. The third-order valence-electron chi connectivity index (χ3n) is 17.4. The van der Waals surface area contributed by atoms with E-state index in [2.05, 4.69) is 101 Å². The predicted molar refractivity (Wildman–Crippen MR) is 328 cm³/mol. The third-order valence-corrected chi connectivity index (χ3v) is 18.4. The minimum Gasteiger partial charge on any atom is -0.483 e. The highest BCUT2D eigenvalue weighted by Crippen LogP contribution is 2.45. The van der Waals surface area contributed by atoms with Crippen LogP contribution in [0.15, 0.2) is 155 Å². The summed E-state index contributed by atoms with van der Waals surface area (Å²) in [6.45, 7) is 5.73. The summed E-state index contributed by atoms with van der Waals surface area (Å²) in [4.78, 5) is 7.38. The highest BCUT2D eigenvalue weighted by atomic mass is 79.9. The van der Waals surface area contributed by atoms with Gasteiger partial charge in [0.25, 0.3) is 0 Å². The zero-order chi connectivity index (χ0) is 57.8. The first-order valence-corrected chi connectivity index (χ1v) is 30.8. The molecule has 7 N–H and O–H groups in total. The molecule has 5 heterocycles. The van der Waals surface area contributed by atoms with Crippen LogP contribution in [0.1, 0.15) is 90.2 Å². The van der Waals surface area contributed by atoms with E-state index < -0.39 is 11.6 Å². The monoisotopic (exact) mass is 1240 g/mol. The molecule has 14 rings (SSSR count). The lowest BCUT2D eigenvalue weighted by Crippen LogP contribution is -2.49. The van der Waals surface area contributed by atoms with Crippen LogP contribution in [0.4, 0.5) is 8.78 Å². The number of nitrogens with one attached hydrogen (secondary N) is 1. The van der Waals surface area contributed by atoms with Crippen molar-refractivity contribution in [2.45, 2.75) is 112 Å². The van der Waals surface area contributed by atoms with E-state index in [1.807, 2.05) is 66.7 Å². The maximum absolute atomic E-state index is 14.3. The van der Waals surface area contributed by atoms with Crippen LogP contribution < -0.4 is 31.4 Å². The Labute approximate surface area is 507 Å². The molecular weight excluding hydrogens is 1170 g/mol. The third kappa shape index (κ3) is 13.0. The van der Waals surface area contributed by atoms with Gasteiger partial charge in [-0.3, -0.25) is 19.8 Å². The summed E-state index contributed by atoms with van der Waals surface area (Å²) in [6.07, 6.45) is 12.3. The average molecular weight is 1240 g/mol. The number of nitrogens with two attached hydrogens (primary N) is 3. The summed E-state index contributed by atoms with van der Waals surface area (Å²) in [7, 11) is 0. The van der Waals surface area contributed by atoms with Gasteiger partial charge in [0.15, 0.2) is 17.3 Å². The predicted octanol–water partition coefficient (Wildman–Crippen LogP) is 12.9. The van der Waals surface area contributed by atoms with Crippen molar-refractivity contribution in [3.63, 3.8) is 0 Å². The van der Waals surface area contributed by atoms with Gasteiger partial charge in [0.1, 0.15) is 35.6 Å². The van der Waals surface area contributed by atoms with Crippen LogP contribution in [-0.4, -0.2) is 106 Å². The van der Waals surface area contributed by atoms with Crippen molar-refractivity contribution in [1.29, 1.82) is 0 Å². The molecule has 2 aromatic heterocycles. The summed E-state index contributed by atoms with van der Waals surface area (Å²) >= 11 is 15.8. The fraction of sp³-hybridized carbons (Fsp3) is 0.364. The molecule has 3 aliphatic heterocycles. The molecule has 3 aliphatic carbocycles. The van der Waals surface area contributed by atoms with Crippen molar-refractivity contribution in [3.05, 3.63) is 205 Å². The topological polar surface area (TPSA) is 170 Å². The van der Waals surface area contributed by atoms with Crippen molar-refractivity contribution < 1.29 is 27.5 Å². The Morgan fingerprint density at radius 2 is 1.01 bits per heavy atom. The molecule has 0 saturated carbocycles. The molecule has 0 spiro atoms. The Bertz CT molecular complexity index is 3340. The number of aromatic nitrogens is 3. The molecule has 84 heavy (non-hydrogen) atoms. The van der Waals surface area contributed by atoms with Crippen LogP contribution >= 0.6 is 39.1 Å². The highest BCUT2D eigenvalue weighted by Gasteiger charge is 2.43. The van der Waals surface area contributed by atoms with Gasteiger partial charge >= 0.3 is 0 Å². The van der Waals surface area contributed by atoms with E-state index >= 15 is 0 Å². The lowest BCUT2D eigenvalue weighted by atomic mass is 10.0. The highest BCUT2D eigenvalue weighted by molar-refractivity contribution is 9.10. The lowest BCUT2D eigenvalue weighted by molar-refractivity contribution is 0.0565. The number of ether oxygens (including phenoxy) is 3. The molecule has 0 amide bonds. The molecule has 0 radical (unpaired) electrons. The fourth-order valence-corrected chi connectivity index (χ4v) is 14.3. The molecule has 18 heteroatoms. The van der Waals surface area contributed by atoms with Crippen LogP contribution in [0, 0.1) is 11.6 Å². The van der Waals surface area contributed by atoms with Gasteiger partial charge in [0, 0.05) is 71.7 Å². The van der Waals surface area contributed by atoms with Crippen LogP contribution in [-0.2, 0) is 19.3 Å². The van der Waals surface area contributed by atoms with Crippen LogP contribution in [0.3, 0.4) is 0 Å². The Morgan fingerprint density at radius 3 is 1.45 bits per heavy atom. The molecule has 9 atom stereocenters.